The molecule has 1 N–H and O–H groups in total. The van der Waals surface area contributed by atoms with Gasteiger partial charge in [0.1, 0.15) is 0 Å². The smallest absolute Gasteiger partial charge is 0.00993 e. The first-order chi connectivity index (χ1) is 8.33. The van der Waals surface area contributed by atoms with Crippen LogP contribution >= 0.6 is 0 Å². The van der Waals surface area contributed by atoms with Crippen molar-refractivity contribution in [1.29, 1.82) is 0 Å². The van der Waals surface area contributed by atoms with E-state index in [4.69, 9.17) is 0 Å². The second-order valence-electron chi connectivity index (χ2n) is 6.67. The molecule has 2 heteroatoms. The molecule has 0 aromatic rings. The van der Waals surface area contributed by atoms with Gasteiger partial charge in [0.2, 0.25) is 0 Å². The molecule has 2 unspecified atom stereocenters. The van der Waals surface area contributed by atoms with Gasteiger partial charge in [0.25, 0.3) is 0 Å². The van der Waals surface area contributed by atoms with Crippen LogP contribution in [0.3, 0.4) is 0 Å². The van der Waals surface area contributed by atoms with E-state index in [0.29, 0.717) is 0 Å². The summed E-state index contributed by atoms with van der Waals surface area (Å²) in [6.07, 6.45) is 10.3. The molecule has 2 atom stereocenters. The standard InChI is InChI=1S/C15H28N2/c1-12(9-13-4-5-13)17(15-6-7-15)11-14-3-2-8-16-10-14/h12-16H,2-11H2,1H3. The fourth-order valence-electron chi connectivity index (χ4n) is 3.44. The van der Waals surface area contributed by atoms with Crippen LogP contribution in [-0.2, 0) is 0 Å². The Morgan fingerprint density at radius 3 is 2.53 bits per heavy atom. The van der Waals surface area contributed by atoms with E-state index < -0.39 is 0 Å². The zero-order valence-corrected chi connectivity index (χ0v) is 11.3. The summed E-state index contributed by atoms with van der Waals surface area (Å²) >= 11 is 0. The number of rotatable bonds is 6. The van der Waals surface area contributed by atoms with Gasteiger partial charge in [-0.3, -0.25) is 4.90 Å². The minimum absolute atomic E-state index is 0.844. The zero-order chi connectivity index (χ0) is 11.7. The molecule has 0 aromatic carbocycles. The van der Waals surface area contributed by atoms with Gasteiger partial charge < -0.3 is 5.32 Å². The summed E-state index contributed by atoms with van der Waals surface area (Å²) in [5.41, 5.74) is 0. The lowest BCUT2D eigenvalue weighted by Gasteiger charge is -2.34. The van der Waals surface area contributed by atoms with Crippen LogP contribution < -0.4 is 5.32 Å². The first-order valence-electron chi connectivity index (χ1n) is 7.79. The van der Waals surface area contributed by atoms with Crippen LogP contribution in [-0.4, -0.2) is 36.6 Å². The highest BCUT2D eigenvalue weighted by atomic mass is 15.2. The van der Waals surface area contributed by atoms with Crippen molar-refractivity contribution >= 4 is 0 Å². The molecule has 2 nitrogen and oxygen atoms in total. The van der Waals surface area contributed by atoms with Crippen LogP contribution in [0.15, 0.2) is 0 Å². The van der Waals surface area contributed by atoms with Gasteiger partial charge in [-0.05, 0) is 64.0 Å². The summed E-state index contributed by atoms with van der Waals surface area (Å²) in [5, 5.41) is 3.56. The normalized spacial score (nSPS) is 31.8. The van der Waals surface area contributed by atoms with Crippen molar-refractivity contribution in [3.63, 3.8) is 0 Å². The summed E-state index contributed by atoms with van der Waals surface area (Å²) in [6, 6.07) is 1.79. The Morgan fingerprint density at radius 2 is 1.94 bits per heavy atom. The molecule has 1 saturated heterocycles. The number of hydrogen-bond donors (Lipinski definition) is 1. The Bertz CT molecular complexity index is 239. The number of hydrogen-bond acceptors (Lipinski definition) is 2. The average Bonchev–Trinajstić information content (AvgIpc) is 3.21. The van der Waals surface area contributed by atoms with E-state index >= 15 is 0 Å². The number of nitrogens with zero attached hydrogens (tertiary/aromatic N) is 1. The molecule has 98 valence electrons. The van der Waals surface area contributed by atoms with Crippen LogP contribution in [0.5, 0.6) is 0 Å². The first kappa shape index (κ1) is 12.0. The summed E-state index contributed by atoms with van der Waals surface area (Å²) in [4.78, 5) is 2.86. The van der Waals surface area contributed by atoms with E-state index in [9.17, 15) is 0 Å². The van der Waals surface area contributed by atoms with Crippen molar-refractivity contribution in [2.24, 2.45) is 11.8 Å². The van der Waals surface area contributed by atoms with E-state index in [-0.39, 0.29) is 0 Å². The van der Waals surface area contributed by atoms with Gasteiger partial charge in [-0.2, -0.15) is 0 Å². The highest BCUT2D eigenvalue weighted by molar-refractivity contribution is 4.91. The molecule has 17 heavy (non-hydrogen) atoms. The highest BCUT2D eigenvalue weighted by Gasteiger charge is 2.35. The van der Waals surface area contributed by atoms with Crippen molar-refractivity contribution < 1.29 is 0 Å². The van der Waals surface area contributed by atoms with Crippen molar-refractivity contribution in [3.8, 4) is 0 Å². The third kappa shape index (κ3) is 3.45. The van der Waals surface area contributed by atoms with E-state index in [1.807, 2.05) is 0 Å². The molecular weight excluding hydrogens is 208 g/mol. The molecule has 3 aliphatic rings. The van der Waals surface area contributed by atoms with E-state index in [0.717, 1.165) is 23.9 Å². The second-order valence-corrected chi connectivity index (χ2v) is 6.67. The first-order valence-corrected chi connectivity index (χ1v) is 7.79. The highest BCUT2D eigenvalue weighted by Crippen LogP contribution is 2.38. The molecule has 0 spiro atoms. The van der Waals surface area contributed by atoms with Crippen molar-refractivity contribution in [2.45, 2.75) is 64.0 Å². The molecule has 3 fully saturated rings. The summed E-state index contributed by atoms with van der Waals surface area (Å²) in [5.74, 6) is 2.00. The molecule has 3 rings (SSSR count). The third-order valence-corrected chi connectivity index (χ3v) is 4.82. The predicted molar refractivity (Wildman–Crippen MR) is 72.1 cm³/mol. The van der Waals surface area contributed by atoms with Gasteiger partial charge in [0.05, 0.1) is 0 Å². The van der Waals surface area contributed by atoms with Gasteiger partial charge in [-0.1, -0.05) is 12.8 Å². The molecule has 1 aliphatic heterocycles. The third-order valence-electron chi connectivity index (χ3n) is 4.82. The summed E-state index contributed by atoms with van der Waals surface area (Å²) < 4.78 is 0. The SMILES string of the molecule is CC(CC1CC1)N(CC1CCCNC1)C1CC1. The van der Waals surface area contributed by atoms with Crippen molar-refractivity contribution in [1.82, 2.24) is 10.2 Å². The van der Waals surface area contributed by atoms with Crippen LogP contribution in [0.1, 0.15) is 51.9 Å². The lowest BCUT2D eigenvalue weighted by Crippen LogP contribution is -2.43. The van der Waals surface area contributed by atoms with E-state index in [2.05, 4.69) is 17.1 Å². The maximum Gasteiger partial charge on any atom is 0.00993 e. The maximum atomic E-state index is 3.56. The van der Waals surface area contributed by atoms with Gasteiger partial charge in [-0.25, -0.2) is 0 Å². The molecular formula is C15H28N2. The minimum Gasteiger partial charge on any atom is -0.316 e. The molecule has 0 radical (unpaired) electrons. The molecule has 0 bridgehead atoms. The summed E-state index contributed by atoms with van der Waals surface area (Å²) in [6.45, 7) is 6.36. The number of piperidine rings is 1. The Labute approximate surface area is 106 Å². The monoisotopic (exact) mass is 236 g/mol. The molecule has 0 amide bonds. The zero-order valence-electron chi connectivity index (χ0n) is 11.3. The summed E-state index contributed by atoms with van der Waals surface area (Å²) in [7, 11) is 0. The van der Waals surface area contributed by atoms with Crippen LogP contribution in [0.25, 0.3) is 0 Å². The Kier molecular flexibility index (Phi) is 3.72. The molecule has 2 aliphatic carbocycles. The fourth-order valence-corrected chi connectivity index (χ4v) is 3.44. The lowest BCUT2D eigenvalue weighted by atomic mass is 9.97. The van der Waals surface area contributed by atoms with E-state index in [1.165, 1.54) is 64.6 Å². The maximum absolute atomic E-state index is 3.56. The van der Waals surface area contributed by atoms with Gasteiger partial charge in [0, 0.05) is 18.6 Å². The minimum atomic E-state index is 0.844. The predicted octanol–water partition coefficient (Wildman–Crippen LogP) is 2.64. The quantitative estimate of drug-likeness (QED) is 0.763. The van der Waals surface area contributed by atoms with Crippen molar-refractivity contribution in [2.75, 3.05) is 19.6 Å². The van der Waals surface area contributed by atoms with Gasteiger partial charge >= 0.3 is 0 Å². The molecule has 1 heterocycles. The topological polar surface area (TPSA) is 15.3 Å². The van der Waals surface area contributed by atoms with Crippen LogP contribution in [0.2, 0.25) is 0 Å². The van der Waals surface area contributed by atoms with Crippen LogP contribution in [0.4, 0.5) is 0 Å². The Balaban J connectivity index is 1.50. The van der Waals surface area contributed by atoms with Gasteiger partial charge in [-0.15, -0.1) is 0 Å². The Morgan fingerprint density at radius 1 is 1.12 bits per heavy atom. The fraction of sp³-hybridized carbons (Fsp3) is 1.00. The lowest BCUT2D eigenvalue weighted by molar-refractivity contribution is 0.143. The molecule has 0 aromatic heterocycles. The Hall–Kier alpha value is -0.0800. The average molecular weight is 236 g/mol. The van der Waals surface area contributed by atoms with Crippen molar-refractivity contribution in [3.05, 3.63) is 0 Å². The largest absolute Gasteiger partial charge is 0.316 e. The second kappa shape index (κ2) is 5.27. The van der Waals surface area contributed by atoms with Crippen LogP contribution in [0, 0.1) is 11.8 Å². The molecule has 2 saturated carbocycles. The number of nitrogens with one attached hydrogen (secondary N) is 1. The van der Waals surface area contributed by atoms with E-state index in [1.54, 1.807) is 0 Å². The van der Waals surface area contributed by atoms with Gasteiger partial charge in [0.15, 0.2) is 0 Å².